The number of ether oxygens (including phenoxy) is 1. The van der Waals surface area contributed by atoms with E-state index in [1.807, 2.05) is 56.3 Å². The molecule has 0 saturated heterocycles. The predicted molar refractivity (Wildman–Crippen MR) is 140 cm³/mol. The Hall–Kier alpha value is -3.70. The van der Waals surface area contributed by atoms with Crippen molar-refractivity contribution in [2.45, 2.75) is 51.5 Å². The molecule has 0 fully saturated rings. The van der Waals surface area contributed by atoms with Crippen molar-refractivity contribution in [3.8, 4) is 6.07 Å². The second kappa shape index (κ2) is 11.8. The lowest BCUT2D eigenvalue weighted by atomic mass is 9.88. The van der Waals surface area contributed by atoms with Crippen LogP contribution in [0.3, 0.4) is 0 Å². The number of benzene rings is 1. The zero-order valence-electron chi connectivity index (χ0n) is 20.5. The van der Waals surface area contributed by atoms with Crippen LogP contribution in [0, 0.1) is 17.2 Å². The van der Waals surface area contributed by atoms with E-state index < -0.39 is 6.09 Å². The first-order chi connectivity index (χ1) is 17.4. The summed E-state index contributed by atoms with van der Waals surface area (Å²) in [5, 5.41) is 16.2. The van der Waals surface area contributed by atoms with Gasteiger partial charge in [-0.3, -0.25) is 9.78 Å². The molecule has 4 rings (SSSR count). The average Bonchev–Trinajstić information content (AvgIpc) is 3.24. The smallest absolute Gasteiger partial charge is 0.407 e. The van der Waals surface area contributed by atoms with E-state index in [0.717, 1.165) is 40.8 Å². The molecular formula is C28H30N4O3S. The quantitative estimate of drug-likeness (QED) is 0.409. The Labute approximate surface area is 215 Å². The molecule has 0 bridgehead atoms. The topological polar surface area (TPSA) is 104 Å². The van der Waals surface area contributed by atoms with Gasteiger partial charge in [-0.25, -0.2) is 4.79 Å². The van der Waals surface area contributed by atoms with Crippen LogP contribution in [0.5, 0.6) is 0 Å². The Morgan fingerprint density at radius 3 is 2.69 bits per heavy atom. The van der Waals surface area contributed by atoms with Gasteiger partial charge >= 0.3 is 6.09 Å². The number of fused-ring (bicyclic) bond motifs is 1. The summed E-state index contributed by atoms with van der Waals surface area (Å²) in [7, 11) is 0. The fourth-order valence-electron chi connectivity index (χ4n) is 4.48. The van der Waals surface area contributed by atoms with E-state index in [0.29, 0.717) is 23.6 Å². The summed E-state index contributed by atoms with van der Waals surface area (Å²) in [6.07, 6.45) is 5.63. The van der Waals surface area contributed by atoms with Gasteiger partial charge in [0.1, 0.15) is 11.1 Å². The molecule has 2 amide bonds. The fourth-order valence-corrected chi connectivity index (χ4v) is 5.81. The summed E-state index contributed by atoms with van der Waals surface area (Å²) in [4.78, 5) is 30.2. The maximum Gasteiger partial charge on any atom is 0.407 e. The van der Waals surface area contributed by atoms with Crippen LogP contribution >= 0.6 is 11.3 Å². The number of aromatic nitrogens is 1. The lowest BCUT2D eigenvalue weighted by molar-refractivity contribution is -0.116. The lowest BCUT2D eigenvalue weighted by Gasteiger charge is -2.22. The van der Waals surface area contributed by atoms with Gasteiger partial charge in [-0.2, -0.15) is 5.26 Å². The number of carbonyl (C=O) groups excluding carboxylic acids is 2. The van der Waals surface area contributed by atoms with Crippen molar-refractivity contribution < 1.29 is 14.3 Å². The zero-order chi connectivity index (χ0) is 25.5. The molecule has 0 radical (unpaired) electrons. The molecule has 0 saturated carbocycles. The third-order valence-electron chi connectivity index (χ3n) is 6.56. The minimum Gasteiger partial charge on any atom is -0.449 e. The molecular weight excluding hydrogens is 472 g/mol. The molecule has 2 aromatic heterocycles. The Balaban J connectivity index is 1.31. The van der Waals surface area contributed by atoms with E-state index >= 15 is 0 Å². The molecule has 3 aromatic rings. The number of carbonyl (C=O) groups is 2. The fraction of sp³-hybridized carbons (Fsp3) is 0.357. The first-order valence-corrected chi connectivity index (χ1v) is 13.0. The molecule has 7 nitrogen and oxygen atoms in total. The van der Waals surface area contributed by atoms with Gasteiger partial charge in [0.15, 0.2) is 0 Å². The molecule has 3 unspecified atom stereocenters. The predicted octanol–water partition coefficient (Wildman–Crippen LogP) is 5.74. The Bertz CT molecular complexity index is 1240. The van der Waals surface area contributed by atoms with Gasteiger partial charge in [0.2, 0.25) is 5.91 Å². The highest BCUT2D eigenvalue weighted by molar-refractivity contribution is 7.16. The number of nitrogens with one attached hydrogen (secondary N) is 2. The Morgan fingerprint density at radius 2 is 1.97 bits per heavy atom. The third-order valence-corrected chi connectivity index (χ3v) is 7.73. The number of amides is 2. The van der Waals surface area contributed by atoms with E-state index in [2.05, 4.69) is 21.7 Å². The maximum absolute atomic E-state index is 12.7. The van der Waals surface area contributed by atoms with Crippen LogP contribution in [0.15, 0.2) is 54.9 Å². The van der Waals surface area contributed by atoms with Gasteiger partial charge in [0.05, 0.1) is 18.2 Å². The van der Waals surface area contributed by atoms with Crippen molar-refractivity contribution in [2.75, 3.05) is 11.9 Å². The highest BCUT2D eigenvalue weighted by atomic mass is 32.1. The molecule has 1 aliphatic rings. The maximum atomic E-state index is 12.7. The second-order valence-corrected chi connectivity index (χ2v) is 10.3. The number of hydrogen-bond donors (Lipinski definition) is 2. The van der Waals surface area contributed by atoms with Crippen molar-refractivity contribution in [1.82, 2.24) is 10.3 Å². The van der Waals surface area contributed by atoms with Crippen molar-refractivity contribution in [3.05, 3.63) is 82.0 Å². The van der Waals surface area contributed by atoms with Crippen LogP contribution in [0.4, 0.5) is 9.80 Å². The molecule has 2 N–H and O–H groups in total. The molecule has 0 aliphatic heterocycles. The molecule has 36 heavy (non-hydrogen) atoms. The van der Waals surface area contributed by atoms with Gasteiger partial charge in [-0.05, 0) is 60.8 Å². The first kappa shape index (κ1) is 25.4. The number of rotatable bonds is 8. The lowest BCUT2D eigenvalue weighted by Crippen LogP contribution is -2.30. The first-order valence-electron chi connectivity index (χ1n) is 12.2. The number of anilines is 1. The molecule has 3 atom stereocenters. The average molecular weight is 503 g/mol. The highest BCUT2D eigenvalue weighted by Crippen LogP contribution is 2.39. The molecule has 186 valence electrons. The van der Waals surface area contributed by atoms with Crippen LogP contribution in [0.1, 0.15) is 65.8 Å². The number of thiophene rings is 1. The molecule has 1 aliphatic carbocycles. The molecule has 1 aromatic carbocycles. The molecule has 0 spiro atoms. The van der Waals surface area contributed by atoms with Gasteiger partial charge in [-0.15, -0.1) is 11.3 Å². The minimum absolute atomic E-state index is 0.0242. The second-order valence-electron chi connectivity index (χ2n) is 9.24. The summed E-state index contributed by atoms with van der Waals surface area (Å²) >= 11 is 1.46. The van der Waals surface area contributed by atoms with E-state index in [4.69, 9.17) is 4.74 Å². The van der Waals surface area contributed by atoms with Gasteiger partial charge in [0, 0.05) is 23.7 Å². The number of pyridine rings is 1. The molecule has 8 heteroatoms. The monoisotopic (exact) mass is 502 g/mol. The summed E-state index contributed by atoms with van der Waals surface area (Å²) in [6, 6.07) is 15.7. The standard InChI is InChI=1S/C28H30N4O3S/c1-18(22-9-6-12-30-16-22)13-26(33)32-27-24(15-29)23-11-10-20(14-25(23)36-27)17-35-28(34)31-19(2)21-7-4-3-5-8-21/h3-9,12,16,18-20H,10-11,13-14,17H2,1-2H3,(H,31,34)(H,32,33). The number of alkyl carbamates (subject to hydrolysis) is 1. The summed E-state index contributed by atoms with van der Waals surface area (Å²) in [5.74, 6) is 0.0799. The van der Waals surface area contributed by atoms with E-state index in [-0.39, 0.29) is 23.8 Å². The van der Waals surface area contributed by atoms with Crippen molar-refractivity contribution in [2.24, 2.45) is 5.92 Å². The van der Waals surface area contributed by atoms with Gasteiger partial charge in [0.25, 0.3) is 0 Å². The SMILES string of the molecule is CC(CC(=O)Nc1sc2c(c1C#N)CCC(COC(=O)NC(C)c1ccccc1)C2)c1cccnc1. The Morgan fingerprint density at radius 1 is 1.19 bits per heavy atom. The van der Waals surface area contributed by atoms with Crippen molar-refractivity contribution in [1.29, 1.82) is 5.26 Å². The summed E-state index contributed by atoms with van der Waals surface area (Å²) in [6.45, 7) is 4.23. The zero-order valence-corrected chi connectivity index (χ0v) is 21.3. The molecule has 2 heterocycles. The normalized spacial score (nSPS) is 16.2. The van der Waals surface area contributed by atoms with Gasteiger partial charge in [-0.1, -0.05) is 43.3 Å². The van der Waals surface area contributed by atoms with E-state index in [1.54, 1.807) is 12.4 Å². The van der Waals surface area contributed by atoms with E-state index in [9.17, 15) is 14.9 Å². The minimum atomic E-state index is -0.434. The number of nitrogens with zero attached hydrogens (tertiary/aromatic N) is 2. The number of hydrogen-bond acceptors (Lipinski definition) is 6. The van der Waals surface area contributed by atoms with Crippen LogP contribution in [0.25, 0.3) is 0 Å². The third kappa shape index (κ3) is 6.29. The number of nitriles is 1. The summed E-state index contributed by atoms with van der Waals surface area (Å²) in [5.41, 5.74) is 3.59. The van der Waals surface area contributed by atoms with Crippen LogP contribution in [-0.4, -0.2) is 23.6 Å². The van der Waals surface area contributed by atoms with Crippen molar-refractivity contribution in [3.63, 3.8) is 0 Å². The Kier molecular flexibility index (Phi) is 8.34. The van der Waals surface area contributed by atoms with Gasteiger partial charge < -0.3 is 15.4 Å². The van der Waals surface area contributed by atoms with E-state index in [1.165, 1.54) is 11.3 Å². The van der Waals surface area contributed by atoms with Crippen LogP contribution < -0.4 is 10.6 Å². The summed E-state index contributed by atoms with van der Waals surface area (Å²) < 4.78 is 5.52. The highest BCUT2D eigenvalue weighted by Gasteiger charge is 2.27. The van der Waals surface area contributed by atoms with Crippen LogP contribution in [0.2, 0.25) is 0 Å². The largest absolute Gasteiger partial charge is 0.449 e. The van der Waals surface area contributed by atoms with Crippen molar-refractivity contribution >= 4 is 28.3 Å². The van der Waals surface area contributed by atoms with Crippen LogP contribution in [-0.2, 0) is 22.4 Å².